The number of benzene rings is 1. The Balaban J connectivity index is 1.19. The van der Waals surface area contributed by atoms with Crippen molar-refractivity contribution < 1.29 is 14.3 Å². The van der Waals surface area contributed by atoms with E-state index in [1.807, 2.05) is 18.2 Å². The first-order valence-electron chi connectivity index (χ1n) is 12.2. The molecule has 1 aromatic heterocycles. The van der Waals surface area contributed by atoms with Crippen LogP contribution < -0.4 is 16.7 Å². The van der Waals surface area contributed by atoms with E-state index >= 15 is 0 Å². The summed E-state index contributed by atoms with van der Waals surface area (Å²) in [6.07, 6.45) is 2.91. The van der Waals surface area contributed by atoms with Crippen molar-refractivity contribution in [1.82, 2.24) is 24.3 Å². The van der Waals surface area contributed by atoms with E-state index in [9.17, 15) is 14.4 Å². The van der Waals surface area contributed by atoms with Crippen molar-refractivity contribution in [2.24, 2.45) is 12.8 Å². The minimum absolute atomic E-state index is 0.235. The zero-order chi connectivity index (χ0) is 23.8. The number of imidazole rings is 1. The number of fused-ring (bicyclic) bond motifs is 1. The number of hydrogen-bond acceptors (Lipinski definition) is 7. The Morgan fingerprint density at radius 2 is 1.79 bits per heavy atom. The maximum Gasteiger partial charge on any atom is 0.329 e. The number of imide groups is 1. The average Bonchev–Trinajstić information content (AvgIpc) is 3.04. The second-order valence-corrected chi connectivity index (χ2v) is 9.84. The van der Waals surface area contributed by atoms with Gasteiger partial charge in [0.05, 0.1) is 23.7 Å². The third kappa shape index (κ3) is 4.68. The number of nitrogens with one attached hydrogen (secondary N) is 1. The summed E-state index contributed by atoms with van der Waals surface area (Å²) in [5, 5.41) is 2.35. The van der Waals surface area contributed by atoms with Crippen LogP contribution in [0.3, 0.4) is 0 Å². The normalized spacial score (nSPS) is 26.6. The first-order valence-corrected chi connectivity index (χ1v) is 12.2. The van der Waals surface area contributed by atoms with Crippen molar-refractivity contribution in [2.45, 2.75) is 50.4 Å². The Morgan fingerprint density at radius 3 is 2.50 bits per heavy atom. The van der Waals surface area contributed by atoms with Crippen LogP contribution in [0, 0.1) is 0 Å². The molecule has 34 heavy (non-hydrogen) atoms. The van der Waals surface area contributed by atoms with Crippen LogP contribution in [-0.2, 0) is 27.9 Å². The number of nitrogens with two attached hydrogens (primary N) is 1. The van der Waals surface area contributed by atoms with Crippen molar-refractivity contribution in [3.05, 3.63) is 34.2 Å². The number of nitrogens with zero attached hydrogens (tertiary/aromatic N) is 4. The lowest BCUT2D eigenvalue weighted by atomic mass is 9.90. The Hall–Kier alpha value is -2.53. The minimum atomic E-state index is -0.655. The number of ether oxygens (including phenoxy) is 1. The zero-order valence-electron chi connectivity index (χ0n) is 19.7. The van der Waals surface area contributed by atoms with Crippen molar-refractivity contribution in [2.75, 3.05) is 39.3 Å². The van der Waals surface area contributed by atoms with Gasteiger partial charge < -0.3 is 10.5 Å². The molecule has 3 fully saturated rings. The van der Waals surface area contributed by atoms with Crippen LogP contribution in [0.2, 0.25) is 0 Å². The third-order valence-corrected chi connectivity index (χ3v) is 7.44. The van der Waals surface area contributed by atoms with E-state index < -0.39 is 11.9 Å². The van der Waals surface area contributed by atoms with Crippen molar-refractivity contribution in [3.63, 3.8) is 0 Å². The third-order valence-electron chi connectivity index (χ3n) is 7.44. The van der Waals surface area contributed by atoms with Crippen LogP contribution in [0.15, 0.2) is 23.0 Å². The number of carbonyl (C=O) groups excluding carboxylic acids is 2. The van der Waals surface area contributed by atoms with Gasteiger partial charge in [-0.25, -0.2) is 4.79 Å². The fourth-order valence-electron chi connectivity index (χ4n) is 5.26. The van der Waals surface area contributed by atoms with E-state index in [2.05, 4.69) is 15.1 Å². The second kappa shape index (κ2) is 9.61. The summed E-state index contributed by atoms with van der Waals surface area (Å²) in [5.74, 6) is -0.693. The van der Waals surface area contributed by atoms with Gasteiger partial charge in [0.15, 0.2) is 0 Å². The van der Waals surface area contributed by atoms with Gasteiger partial charge >= 0.3 is 5.69 Å². The number of amides is 2. The lowest BCUT2D eigenvalue weighted by Gasteiger charge is -2.36. The van der Waals surface area contributed by atoms with Gasteiger partial charge in [0.2, 0.25) is 11.8 Å². The first kappa shape index (κ1) is 23.2. The molecule has 1 unspecified atom stereocenters. The highest BCUT2D eigenvalue weighted by Gasteiger charge is 2.31. The highest BCUT2D eigenvalue weighted by Crippen LogP contribution is 2.24. The molecule has 5 rings (SSSR count). The van der Waals surface area contributed by atoms with E-state index in [0.29, 0.717) is 18.6 Å². The monoisotopic (exact) mass is 470 g/mol. The number of rotatable bonds is 7. The summed E-state index contributed by atoms with van der Waals surface area (Å²) in [5.41, 5.74) is 8.25. The maximum atomic E-state index is 12.9. The number of aromatic nitrogens is 2. The number of piperidine rings is 1. The molecule has 184 valence electrons. The Kier molecular flexibility index (Phi) is 6.57. The van der Waals surface area contributed by atoms with Gasteiger partial charge in [0.25, 0.3) is 0 Å². The van der Waals surface area contributed by atoms with Gasteiger partial charge in [-0.15, -0.1) is 0 Å². The van der Waals surface area contributed by atoms with E-state index in [-0.39, 0.29) is 18.0 Å². The van der Waals surface area contributed by atoms with Crippen LogP contribution >= 0.6 is 0 Å². The number of piperazine rings is 1. The fourth-order valence-corrected chi connectivity index (χ4v) is 5.26. The first-order chi connectivity index (χ1) is 16.4. The largest absolute Gasteiger partial charge is 0.377 e. The van der Waals surface area contributed by atoms with E-state index in [1.54, 1.807) is 11.6 Å². The Labute approximate surface area is 198 Å². The molecule has 1 saturated carbocycles. The smallest absolute Gasteiger partial charge is 0.329 e. The van der Waals surface area contributed by atoms with Crippen molar-refractivity contribution in [1.29, 1.82) is 0 Å². The highest BCUT2D eigenvalue weighted by molar-refractivity contribution is 6.00. The molecule has 3 N–H and O–H groups in total. The van der Waals surface area contributed by atoms with Gasteiger partial charge in [-0.2, -0.15) is 0 Å². The molecule has 10 nitrogen and oxygen atoms in total. The topological polar surface area (TPSA) is 115 Å². The molecule has 1 atom stereocenters. The molecule has 2 amide bonds. The van der Waals surface area contributed by atoms with Gasteiger partial charge in [-0.05, 0) is 37.0 Å². The summed E-state index contributed by atoms with van der Waals surface area (Å²) < 4.78 is 9.01. The van der Waals surface area contributed by atoms with Gasteiger partial charge in [0, 0.05) is 58.8 Å². The molecule has 0 radical (unpaired) electrons. The highest BCUT2D eigenvalue weighted by atomic mass is 16.5. The minimum Gasteiger partial charge on any atom is -0.377 e. The summed E-state index contributed by atoms with van der Waals surface area (Å²) in [4.78, 5) is 41.7. The van der Waals surface area contributed by atoms with E-state index in [1.165, 1.54) is 4.57 Å². The van der Waals surface area contributed by atoms with Gasteiger partial charge in [-0.3, -0.25) is 33.8 Å². The van der Waals surface area contributed by atoms with Gasteiger partial charge in [0.1, 0.15) is 6.04 Å². The summed E-state index contributed by atoms with van der Waals surface area (Å²) >= 11 is 0. The van der Waals surface area contributed by atoms with Crippen LogP contribution in [0.4, 0.5) is 0 Å². The van der Waals surface area contributed by atoms with Crippen molar-refractivity contribution in [3.8, 4) is 0 Å². The van der Waals surface area contributed by atoms with Crippen LogP contribution in [0.1, 0.15) is 37.3 Å². The SMILES string of the molecule is Cn1c(=O)n(C2CCC(=O)NC2=O)c2ccc(CN3CCN(CCO[C@H]4C[C@H](N)C4)CC3)cc21. The lowest BCUT2D eigenvalue weighted by Crippen LogP contribution is -2.47. The Bertz CT molecular complexity index is 1130. The standard InChI is InChI=1S/C24H34N6O4/c1-27-21-12-16(2-3-19(21)30(24(27)33)20-4-5-22(31)26-23(20)32)15-29-8-6-28(7-9-29)10-11-34-18-13-17(25)14-18/h2-3,12,17-18,20H,4-11,13-15,25H2,1H3,(H,26,31,32)/t17-,18-,20?. The summed E-state index contributed by atoms with van der Waals surface area (Å²) in [6.45, 7) is 6.55. The molecule has 2 saturated heterocycles. The average molecular weight is 471 g/mol. The quantitative estimate of drug-likeness (QED) is 0.545. The number of carbonyl (C=O) groups is 2. The zero-order valence-corrected chi connectivity index (χ0v) is 19.7. The molecule has 1 aliphatic carbocycles. The molecule has 0 bridgehead atoms. The molecule has 3 heterocycles. The molecular formula is C24H34N6O4. The molecule has 2 aromatic rings. The summed E-state index contributed by atoms with van der Waals surface area (Å²) in [7, 11) is 1.73. The lowest BCUT2D eigenvalue weighted by molar-refractivity contribution is -0.135. The summed E-state index contributed by atoms with van der Waals surface area (Å²) in [6, 6.07) is 5.68. The molecule has 3 aliphatic rings. The predicted octanol–water partition coefficient (Wildman–Crippen LogP) is -0.0584. The molecule has 0 spiro atoms. The molecular weight excluding hydrogens is 436 g/mol. The van der Waals surface area contributed by atoms with E-state index in [0.717, 1.165) is 75.3 Å². The maximum absolute atomic E-state index is 12.9. The van der Waals surface area contributed by atoms with Crippen LogP contribution in [-0.4, -0.2) is 82.2 Å². The number of hydrogen-bond donors (Lipinski definition) is 2. The van der Waals surface area contributed by atoms with Crippen LogP contribution in [0.5, 0.6) is 0 Å². The van der Waals surface area contributed by atoms with Crippen LogP contribution in [0.25, 0.3) is 11.0 Å². The molecule has 10 heteroatoms. The second-order valence-electron chi connectivity index (χ2n) is 9.84. The van der Waals surface area contributed by atoms with E-state index in [4.69, 9.17) is 10.5 Å². The fraction of sp³-hybridized carbons (Fsp3) is 0.625. The predicted molar refractivity (Wildman–Crippen MR) is 127 cm³/mol. The van der Waals surface area contributed by atoms with Crippen molar-refractivity contribution >= 4 is 22.8 Å². The molecule has 2 aliphatic heterocycles. The number of aryl methyl sites for hydroxylation is 1. The van der Waals surface area contributed by atoms with Gasteiger partial charge in [-0.1, -0.05) is 6.07 Å². The Morgan fingerprint density at radius 1 is 1.06 bits per heavy atom. The molecule has 1 aromatic carbocycles.